The van der Waals surface area contributed by atoms with Gasteiger partial charge in [-0.1, -0.05) is 22.8 Å². The second kappa shape index (κ2) is 7.04. The van der Waals surface area contributed by atoms with Crippen molar-refractivity contribution in [3.8, 4) is 0 Å². The maximum absolute atomic E-state index is 12.1. The highest BCUT2D eigenvalue weighted by Gasteiger charge is 2.17. The highest BCUT2D eigenvalue weighted by Crippen LogP contribution is 2.19. The number of amides is 1. The normalized spacial score (nSPS) is 11.0. The summed E-state index contributed by atoms with van der Waals surface area (Å²) in [6, 6.07) is 10.2. The molecule has 0 bridgehead atoms. The first kappa shape index (κ1) is 17.0. The molecule has 1 aromatic carbocycles. The molecular formula is C17H12ClN5O4. The fourth-order valence-electron chi connectivity index (χ4n) is 2.49. The quantitative estimate of drug-likeness (QED) is 0.558. The summed E-state index contributed by atoms with van der Waals surface area (Å²) in [5.41, 5.74) is 1.58. The molecule has 0 aliphatic carbocycles. The first-order chi connectivity index (χ1) is 13.1. The Morgan fingerprint density at radius 3 is 2.96 bits per heavy atom. The molecule has 136 valence electrons. The Bertz CT molecular complexity index is 1170. The van der Waals surface area contributed by atoms with Crippen LogP contribution in [0.1, 0.15) is 22.2 Å². The Morgan fingerprint density at radius 1 is 1.26 bits per heavy atom. The van der Waals surface area contributed by atoms with Gasteiger partial charge in [0.25, 0.3) is 0 Å². The van der Waals surface area contributed by atoms with Gasteiger partial charge in [0.05, 0.1) is 24.3 Å². The van der Waals surface area contributed by atoms with E-state index in [4.69, 9.17) is 20.5 Å². The van der Waals surface area contributed by atoms with E-state index in [0.717, 1.165) is 0 Å². The van der Waals surface area contributed by atoms with Crippen LogP contribution in [0.15, 0.2) is 56.3 Å². The van der Waals surface area contributed by atoms with Gasteiger partial charge in [-0.3, -0.25) is 14.3 Å². The van der Waals surface area contributed by atoms with E-state index in [1.54, 1.807) is 36.5 Å². The van der Waals surface area contributed by atoms with Crippen molar-refractivity contribution in [2.75, 3.05) is 0 Å². The molecule has 1 N–H and O–H groups in total. The standard InChI is InChI=1S/C17H12ClN5O4/c18-10-4-5-13-12(7-10)23(17(25)26-13)9-14-21-16(27-22-14)15(24)20-8-11-3-1-2-6-19-11/h1-7H,8-9H2,(H,20,24). The van der Waals surface area contributed by atoms with E-state index in [9.17, 15) is 9.59 Å². The molecule has 0 radical (unpaired) electrons. The van der Waals surface area contributed by atoms with Gasteiger partial charge in [-0.05, 0) is 30.3 Å². The van der Waals surface area contributed by atoms with E-state index in [2.05, 4.69) is 20.4 Å². The first-order valence-corrected chi connectivity index (χ1v) is 8.27. The van der Waals surface area contributed by atoms with Gasteiger partial charge in [0.1, 0.15) is 0 Å². The zero-order valence-corrected chi connectivity index (χ0v) is 14.5. The molecule has 4 rings (SSSR count). The van der Waals surface area contributed by atoms with Crippen molar-refractivity contribution in [1.82, 2.24) is 25.0 Å². The minimum atomic E-state index is -0.585. The molecule has 3 heterocycles. The molecule has 4 aromatic rings. The molecule has 0 aliphatic rings. The summed E-state index contributed by atoms with van der Waals surface area (Å²) >= 11 is 5.97. The highest BCUT2D eigenvalue weighted by atomic mass is 35.5. The minimum Gasteiger partial charge on any atom is -0.408 e. The van der Waals surface area contributed by atoms with Gasteiger partial charge in [0, 0.05) is 11.2 Å². The number of halogens is 1. The van der Waals surface area contributed by atoms with Crippen LogP contribution < -0.4 is 11.1 Å². The van der Waals surface area contributed by atoms with Gasteiger partial charge in [0.2, 0.25) is 0 Å². The highest BCUT2D eigenvalue weighted by molar-refractivity contribution is 6.31. The van der Waals surface area contributed by atoms with Gasteiger partial charge < -0.3 is 14.3 Å². The van der Waals surface area contributed by atoms with E-state index >= 15 is 0 Å². The molecule has 0 unspecified atom stereocenters. The third-order valence-electron chi connectivity index (χ3n) is 3.75. The SMILES string of the molecule is O=C(NCc1ccccn1)c1nc(Cn2c(=O)oc3ccc(Cl)cc32)no1. The van der Waals surface area contributed by atoms with Gasteiger partial charge in [-0.15, -0.1) is 0 Å². The van der Waals surface area contributed by atoms with Gasteiger partial charge in [-0.2, -0.15) is 4.98 Å². The van der Waals surface area contributed by atoms with Gasteiger partial charge in [-0.25, -0.2) is 4.79 Å². The van der Waals surface area contributed by atoms with Crippen molar-refractivity contribution >= 4 is 28.6 Å². The molecule has 9 nitrogen and oxygen atoms in total. The van der Waals surface area contributed by atoms with Crippen LogP contribution in [0.5, 0.6) is 0 Å². The number of hydrogen-bond acceptors (Lipinski definition) is 7. The average molecular weight is 386 g/mol. The summed E-state index contributed by atoms with van der Waals surface area (Å²) in [5, 5.41) is 6.83. The maximum Gasteiger partial charge on any atom is 0.420 e. The van der Waals surface area contributed by atoms with Crippen LogP contribution in [0.2, 0.25) is 5.02 Å². The number of aromatic nitrogens is 4. The lowest BCUT2D eigenvalue weighted by atomic mass is 10.3. The van der Waals surface area contributed by atoms with E-state index in [1.807, 2.05) is 6.07 Å². The molecule has 0 spiro atoms. The number of hydrogen-bond donors (Lipinski definition) is 1. The third kappa shape index (κ3) is 3.58. The Kier molecular flexibility index (Phi) is 4.43. The molecule has 3 aromatic heterocycles. The molecule has 0 aliphatic heterocycles. The monoisotopic (exact) mass is 385 g/mol. The summed E-state index contributed by atoms with van der Waals surface area (Å²) < 4.78 is 11.4. The van der Waals surface area contributed by atoms with E-state index in [-0.39, 0.29) is 24.8 Å². The summed E-state index contributed by atoms with van der Waals surface area (Å²) in [7, 11) is 0. The summed E-state index contributed by atoms with van der Waals surface area (Å²) in [5.74, 6) is -1.17. The molecule has 0 atom stereocenters. The smallest absolute Gasteiger partial charge is 0.408 e. The summed E-state index contributed by atoms with van der Waals surface area (Å²) in [6.07, 6.45) is 1.63. The summed E-state index contributed by atoms with van der Waals surface area (Å²) in [4.78, 5) is 32.3. The van der Waals surface area contributed by atoms with Crippen LogP contribution in [0.3, 0.4) is 0 Å². The number of carbonyl (C=O) groups excluding carboxylic acids is 1. The third-order valence-corrected chi connectivity index (χ3v) is 3.98. The molecule has 1 amide bonds. The van der Waals surface area contributed by atoms with Crippen molar-refractivity contribution in [2.24, 2.45) is 0 Å². The zero-order chi connectivity index (χ0) is 18.8. The van der Waals surface area contributed by atoms with Gasteiger partial charge >= 0.3 is 17.6 Å². The second-order valence-electron chi connectivity index (χ2n) is 5.59. The number of pyridine rings is 1. The Balaban J connectivity index is 1.50. The predicted octanol–water partition coefficient (Wildman–Crippen LogP) is 2.00. The summed E-state index contributed by atoms with van der Waals surface area (Å²) in [6.45, 7) is 0.199. The Labute approximate surface area is 156 Å². The maximum atomic E-state index is 12.1. The lowest BCUT2D eigenvalue weighted by Crippen LogP contribution is -2.23. The Morgan fingerprint density at radius 2 is 2.15 bits per heavy atom. The lowest BCUT2D eigenvalue weighted by Gasteiger charge is -2.00. The molecule has 27 heavy (non-hydrogen) atoms. The van der Waals surface area contributed by atoms with E-state index in [0.29, 0.717) is 21.8 Å². The van der Waals surface area contributed by atoms with Crippen molar-refractivity contribution in [2.45, 2.75) is 13.1 Å². The average Bonchev–Trinajstić information content (AvgIpc) is 3.26. The predicted molar refractivity (Wildman–Crippen MR) is 94.3 cm³/mol. The molecule has 0 saturated heterocycles. The Hall–Kier alpha value is -3.46. The van der Waals surface area contributed by atoms with Crippen LogP contribution in [-0.2, 0) is 13.1 Å². The molecule has 0 fully saturated rings. The second-order valence-corrected chi connectivity index (χ2v) is 6.02. The number of fused-ring (bicyclic) bond motifs is 1. The number of rotatable bonds is 5. The van der Waals surface area contributed by atoms with Gasteiger partial charge in [0.15, 0.2) is 11.4 Å². The lowest BCUT2D eigenvalue weighted by molar-refractivity contribution is 0.0906. The van der Waals surface area contributed by atoms with E-state index < -0.39 is 11.7 Å². The number of nitrogens with zero attached hydrogens (tertiary/aromatic N) is 4. The van der Waals surface area contributed by atoms with Crippen molar-refractivity contribution in [1.29, 1.82) is 0 Å². The van der Waals surface area contributed by atoms with Crippen LogP contribution in [0, 0.1) is 0 Å². The van der Waals surface area contributed by atoms with E-state index in [1.165, 1.54) is 4.57 Å². The van der Waals surface area contributed by atoms with Crippen molar-refractivity contribution in [3.05, 3.63) is 75.6 Å². The number of carbonyl (C=O) groups is 1. The van der Waals surface area contributed by atoms with Crippen LogP contribution >= 0.6 is 11.6 Å². The number of nitrogens with one attached hydrogen (secondary N) is 1. The molecular weight excluding hydrogens is 374 g/mol. The number of benzene rings is 1. The fraction of sp³-hybridized carbons (Fsp3) is 0.118. The molecule has 0 saturated carbocycles. The van der Waals surface area contributed by atoms with Crippen LogP contribution in [0.4, 0.5) is 0 Å². The van der Waals surface area contributed by atoms with Crippen LogP contribution in [-0.4, -0.2) is 25.6 Å². The first-order valence-electron chi connectivity index (χ1n) is 7.90. The van der Waals surface area contributed by atoms with Crippen LogP contribution in [0.25, 0.3) is 11.1 Å². The van der Waals surface area contributed by atoms with Crippen molar-refractivity contribution in [3.63, 3.8) is 0 Å². The zero-order valence-electron chi connectivity index (χ0n) is 13.8. The fourth-order valence-corrected chi connectivity index (χ4v) is 2.65. The minimum absolute atomic E-state index is 0.0246. The number of oxazole rings is 1. The topological polar surface area (TPSA) is 116 Å². The molecule has 10 heteroatoms. The largest absolute Gasteiger partial charge is 0.420 e. The van der Waals surface area contributed by atoms with Crippen molar-refractivity contribution < 1.29 is 13.7 Å².